The standard InChI is InChI=1S/C27H35N3O2/c1-28(2)19-26(32)29-16-6-7-17-30-24(18-29)27(25(30)20-31)23-14-12-22(13-15-23)11-10-21-8-4-3-5-9-21/h3-5,8-15,24-25,27,31H,6-7,16-20H2,1-2H3/b11-10+/t24-,25+,27+/m0/s1. The summed E-state index contributed by atoms with van der Waals surface area (Å²) in [7, 11) is 3.88. The number of carbonyl (C=O) groups is 1. The van der Waals surface area contributed by atoms with E-state index >= 15 is 0 Å². The van der Waals surface area contributed by atoms with Crippen molar-refractivity contribution in [2.24, 2.45) is 0 Å². The van der Waals surface area contributed by atoms with Crippen LogP contribution in [0.2, 0.25) is 0 Å². The van der Waals surface area contributed by atoms with Crippen LogP contribution in [0.25, 0.3) is 12.2 Å². The Morgan fingerprint density at radius 2 is 1.66 bits per heavy atom. The predicted octanol–water partition coefficient (Wildman–Crippen LogP) is 3.17. The molecule has 2 aliphatic heterocycles. The van der Waals surface area contributed by atoms with E-state index in [9.17, 15) is 9.90 Å². The molecule has 170 valence electrons. The lowest BCUT2D eigenvalue weighted by Gasteiger charge is -2.57. The topological polar surface area (TPSA) is 47.0 Å². The maximum absolute atomic E-state index is 12.8. The molecule has 32 heavy (non-hydrogen) atoms. The molecule has 4 rings (SSSR count). The molecular weight excluding hydrogens is 398 g/mol. The zero-order valence-corrected chi connectivity index (χ0v) is 19.2. The molecule has 0 aromatic heterocycles. The third kappa shape index (κ3) is 5.12. The van der Waals surface area contributed by atoms with Gasteiger partial charge in [0.15, 0.2) is 0 Å². The van der Waals surface area contributed by atoms with Gasteiger partial charge in [-0.15, -0.1) is 0 Å². The number of benzene rings is 2. The average Bonchev–Trinajstić information content (AvgIpc) is 2.77. The molecular formula is C27H35N3O2. The van der Waals surface area contributed by atoms with Gasteiger partial charge in [-0.25, -0.2) is 0 Å². The summed E-state index contributed by atoms with van der Waals surface area (Å²) in [4.78, 5) is 19.2. The normalized spacial score (nSPS) is 24.1. The number of fused-ring (bicyclic) bond motifs is 1. The van der Waals surface area contributed by atoms with E-state index in [-0.39, 0.29) is 30.5 Å². The second kappa shape index (κ2) is 10.4. The molecule has 5 nitrogen and oxygen atoms in total. The lowest BCUT2D eigenvalue weighted by atomic mass is 9.74. The van der Waals surface area contributed by atoms with Crippen LogP contribution in [0.15, 0.2) is 54.6 Å². The molecule has 3 atom stereocenters. The fourth-order valence-corrected chi connectivity index (χ4v) is 5.12. The van der Waals surface area contributed by atoms with Crippen LogP contribution in [0, 0.1) is 0 Å². The van der Waals surface area contributed by atoms with E-state index in [1.54, 1.807) is 0 Å². The molecule has 5 heteroatoms. The van der Waals surface area contributed by atoms with Crippen molar-refractivity contribution >= 4 is 18.1 Å². The SMILES string of the molecule is CN(C)CC(=O)N1CCCCN2[C@H](CO)[C@H](c3ccc(/C=C/c4ccccc4)cc3)[C@@H]2C1. The van der Waals surface area contributed by atoms with E-state index in [1.807, 2.05) is 42.1 Å². The highest BCUT2D eigenvalue weighted by molar-refractivity contribution is 5.78. The van der Waals surface area contributed by atoms with Crippen LogP contribution in [0.5, 0.6) is 0 Å². The molecule has 0 aliphatic carbocycles. The molecule has 0 radical (unpaired) electrons. The Kier molecular flexibility index (Phi) is 7.40. The second-order valence-corrected chi connectivity index (χ2v) is 9.28. The van der Waals surface area contributed by atoms with E-state index in [2.05, 4.69) is 53.5 Å². The van der Waals surface area contributed by atoms with Crippen LogP contribution < -0.4 is 0 Å². The first-order valence-corrected chi connectivity index (χ1v) is 11.7. The number of aliphatic hydroxyl groups excluding tert-OH is 1. The van der Waals surface area contributed by atoms with Gasteiger partial charge in [-0.1, -0.05) is 66.7 Å². The number of amides is 1. The Morgan fingerprint density at radius 3 is 2.31 bits per heavy atom. The molecule has 2 saturated heterocycles. The van der Waals surface area contributed by atoms with E-state index in [0.29, 0.717) is 6.54 Å². The van der Waals surface area contributed by atoms with Crippen molar-refractivity contribution in [1.82, 2.24) is 14.7 Å². The van der Waals surface area contributed by atoms with Crippen LogP contribution in [-0.2, 0) is 4.79 Å². The minimum absolute atomic E-state index is 0.134. The number of hydrogen-bond acceptors (Lipinski definition) is 4. The Labute approximate surface area is 191 Å². The van der Waals surface area contributed by atoms with Gasteiger partial charge in [-0.3, -0.25) is 9.69 Å². The fraction of sp³-hybridized carbons (Fsp3) is 0.444. The van der Waals surface area contributed by atoms with Crippen LogP contribution in [0.1, 0.15) is 35.4 Å². The first-order valence-electron chi connectivity index (χ1n) is 11.7. The summed E-state index contributed by atoms with van der Waals surface area (Å²) in [5, 5.41) is 10.1. The van der Waals surface area contributed by atoms with Crippen LogP contribution in [0.4, 0.5) is 0 Å². The molecule has 0 bridgehead atoms. The molecule has 2 heterocycles. The lowest BCUT2D eigenvalue weighted by molar-refractivity contribution is -0.137. The lowest BCUT2D eigenvalue weighted by Crippen LogP contribution is -2.68. The number of likely N-dealkylation sites (N-methyl/N-ethyl adjacent to an activating group) is 1. The summed E-state index contributed by atoms with van der Waals surface area (Å²) in [5.41, 5.74) is 3.60. The van der Waals surface area contributed by atoms with Crippen molar-refractivity contribution < 1.29 is 9.90 Å². The Morgan fingerprint density at radius 1 is 1.00 bits per heavy atom. The summed E-state index contributed by atoms with van der Waals surface area (Å²) in [6, 6.07) is 19.4. The van der Waals surface area contributed by atoms with Gasteiger partial charge in [0.05, 0.1) is 13.2 Å². The number of carbonyl (C=O) groups excluding carboxylic acids is 1. The van der Waals surface area contributed by atoms with Crippen LogP contribution in [-0.4, -0.2) is 84.7 Å². The maximum atomic E-state index is 12.8. The Bertz CT molecular complexity index is 910. The van der Waals surface area contributed by atoms with Gasteiger partial charge in [0.25, 0.3) is 0 Å². The van der Waals surface area contributed by atoms with Gasteiger partial charge in [0.1, 0.15) is 0 Å². The zero-order chi connectivity index (χ0) is 22.5. The highest BCUT2D eigenvalue weighted by Crippen LogP contribution is 2.42. The largest absolute Gasteiger partial charge is 0.395 e. The quantitative estimate of drug-likeness (QED) is 0.711. The molecule has 0 unspecified atom stereocenters. The monoisotopic (exact) mass is 433 g/mol. The third-order valence-electron chi connectivity index (χ3n) is 6.76. The third-order valence-corrected chi connectivity index (χ3v) is 6.76. The fourth-order valence-electron chi connectivity index (χ4n) is 5.12. The number of hydrogen-bond donors (Lipinski definition) is 1. The minimum atomic E-state index is 0.134. The maximum Gasteiger partial charge on any atom is 0.236 e. The smallest absolute Gasteiger partial charge is 0.236 e. The zero-order valence-electron chi connectivity index (χ0n) is 19.2. The summed E-state index contributed by atoms with van der Waals surface area (Å²) in [6.45, 7) is 3.17. The summed E-state index contributed by atoms with van der Waals surface area (Å²) in [5.74, 6) is 0.448. The van der Waals surface area contributed by atoms with Crippen molar-refractivity contribution in [1.29, 1.82) is 0 Å². The number of rotatable bonds is 6. The molecule has 2 aliphatic rings. The second-order valence-electron chi connectivity index (χ2n) is 9.28. The molecule has 2 aromatic rings. The van der Waals surface area contributed by atoms with Crippen molar-refractivity contribution in [2.45, 2.75) is 30.8 Å². The van der Waals surface area contributed by atoms with Crippen LogP contribution in [0.3, 0.4) is 0 Å². The van der Waals surface area contributed by atoms with Gasteiger partial charge < -0.3 is 14.9 Å². The van der Waals surface area contributed by atoms with Gasteiger partial charge >= 0.3 is 0 Å². The molecule has 0 saturated carbocycles. The molecule has 1 amide bonds. The first-order chi connectivity index (χ1) is 15.6. The van der Waals surface area contributed by atoms with E-state index in [4.69, 9.17) is 0 Å². The molecule has 2 fully saturated rings. The molecule has 2 aromatic carbocycles. The van der Waals surface area contributed by atoms with Crippen molar-refractivity contribution in [3.05, 3.63) is 71.3 Å². The number of nitrogens with zero attached hydrogens (tertiary/aromatic N) is 3. The van der Waals surface area contributed by atoms with Gasteiger partial charge in [-0.2, -0.15) is 0 Å². The van der Waals surface area contributed by atoms with Gasteiger partial charge in [0, 0.05) is 31.1 Å². The summed E-state index contributed by atoms with van der Waals surface area (Å²) >= 11 is 0. The van der Waals surface area contributed by atoms with Crippen LogP contribution >= 0.6 is 0 Å². The summed E-state index contributed by atoms with van der Waals surface area (Å²) in [6.07, 6.45) is 6.34. The summed E-state index contributed by atoms with van der Waals surface area (Å²) < 4.78 is 0. The highest BCUT2D eigenvalue weighted by Gasteiger charge is 2.49. The van der Waals surface area contributed by atoms with Gasteiger partial charge in [-0.05, 0) is 50.2 Å². The number of aliphatic hydroxyl groups is 1. The molecule has 1 N–H and O–H groups in total. The Hall–Kier alpha value is -2.47. The molecule has 0 spiro atoms. The van der Waals surface area contributed by atoms with Crippen molar-refractivity contribution in [3.63, 3.8) is 0 Å². The van der Waals surface area contributed by atoms with E-state index < -0.39 is 0 Å². The minimum Gasteiger partial charge on any atom is -0.395 e. The highest BCUT2D eigenvalue weighted by atomic mass is 16.3. The van der Waals surface area contributed by atoms with Gasteiger partial charge in [0.2, 0.25) is 5.91 Å². The van der Waals surface area contributed by atoms with Crippen molar-refractivity contribution in [3.8, 4) is 0 Å². The van der Waals surface area contributed by atoms with Crippen molar-refractivity contribution in [2.75, 3.05) is 46.9 Å². The predicted molar refractivity (Wildman–Crippen MR) is 130 cm³/mol. The first kappa shape index (κ1) is 22.7. The average molecular weight is 434 g/mol. The van der Waals surface area contributed by atoms with E-state index in [0.717, 1.165) is 38.0 Å². The van der Waals surface area contributed by atoms with E-state index in [1.165, 1.54) is 11.1 Å². The Balaban J connectivity index is 1.49.